The normalized spacial score (nSPS) is 14.6. The van der Waals surface area contributed by atoms with E-state index in [9.17, 15) is 8.42 Å². The summed E-state index contributed by atoms with van der Waals surface area (Å²) in [6.45, 7) is 1.85. The zero-order valence-electron chi connectivity index (χ0n) is 11.7. The van der Waals surface area contributed by atoms with Gasteiger partial charge in [-0.15, -0.1) is 0 Å². The molecule has 20 heavy (non-hydrogen) atoms. The van der Waals surface area contributed by atoms with Crippen LogP contribution in [0.25, 0.3) is 0 Å². The highest BCUT2D eigenvalue weighted by atomic mass is 32.2. The van der Waals surface area contributed by atoms with Gasteiger partial charge in [0.05, 0.1) is 4.90 Å². The highest BCUT2D eigenvalue weighted by molar-refractivity contribution is 7.89. The fourth-order valence-corrected chi connectivity index (χ4v) is 3.14. The molecular weight excluding hydrogens is 282 g/mol. The Bertz CT molecular complexity index is 558. The van der Waals surface area contributed by atoms with E-state index in [1.165, 1.54) is 16.4 Å². The maximum atomic E-state index is 12.4. The first-order chi connectivity index (χ1) is 9.55. The van der Waals surface area contributed by atoms with Gasteiger partial charge in [-0.05, 0) is 18.6 Å². The van der Waals surface area contributed by atoms with E-state index in [0.717, 1.165) is 0 Å². The van der Waals surface area contributed by atoms with Crippen molar-refractivity contribution in [3.63, 3.8) is 0 Å². The molecule has 0 unspecified atom stereocenters. The zero-order chi connectivity index (χ0) is 14.6. The van der Waals surface area contributed by atoms with Crippen LogP contribution in [0.4, 0.5) is 0 Å². The molecule has 0 atom stereocenters. The van der Waals surface area contributed by atoms with Gasteiger partial charge in [-0.25, -0.2) is 12.7 Å². The predicted octanol–water partition coefficient (Wildman–Crippen LogP) is 1.11. The van der Waals surface area contributed by atoms with Crippen molar-refractivity contribution in [3.05, 3.63) is 18.2 Å². The first-order valence-corrected chi connectivity index (χ1v) is 7.84. The summed E-state index contributed by atoms with van der Waals surface area (Å²) in [7, 11) is -0.361. The van der Waals surface area contributed by atoms with Gasteiger partial charge in [0, 0.05) is 33.4 Å². The van der Waals surface area contributed by atoms with Crippen molar-refractivity contribution in [2.75, 3.05) is 40.5 Å². The number of nitrogens with zero attached hydrogens (tertiary/aromatic N) is 1. The predicted molar refractivity (Wildman–Crippen MR) is 73.7 cm³/mol. The van der Waals surface area contributed by atoms with Gasteiger partial charge in [-0.3, -0.25) is 0 Å². The summed E-state index contributed by atoms with van der Waals surface area (Å²) in [5.41, 5.74) is 0. The Morgan fingerprint density at radius 3 is 2.65 bits per heavy atom. The highest BCUT2D eigenvalue weighted by Crippen LogP contribution is 2.32. The molecule has 0 N–H and O–H groups in total. The summed E-state index contributed by atoms with van der Waals surface area (Å²) >= 11 is 0. The smallest absolute Gasteiger partial charge is 0.242 e. The van der Waals surface area contributed by atoms with E-state index in [4.69, 9.17) is 14.2 Å². The Balaban J connectivity index is 2.16. The van der Waals surface area contributed by atoms with Crippen molar-refractivity contribution in [2.24, 2.45) is 0 Å². The number of hydrogen-bond donors (Lipinski definition) is 0. The molecule has 0 spiro atoms. The van der Waals surface area contributed by atoms with Crippen molar-refractivity contribution in [2.45, 2.75) is 11.3 Å². The molecule has 7 heteroatoms. The largest absolute Gasteiger partial charge is 0.486 e. The van der Waals surface area contributed by atoms with E-state index in [0.29, 0.717) is 44.3 Å². The first-order valence-electron chi connectivity index (χ1n) is 6.40. The van der Waals surface area contributed by atoms with Crippen molar-refractivity contribution in [1.82, 2.24) is 4.31 Å². The van der Waals surface area contributed by atoms with Gasteiger partial charge in [0.15, 0.2) is 11.5 Å². The zero-order valence-corrected chi connectivity index (χ0v) is 12.5. The van der Waals surface area contributed by atoms with E-state index in [1.54, 1.807) is 20.2 Å². The van der Waals surface area contributed by atoms with Gasteiger partial charge in [-0.1, -0.05) is 0 Å². The van der Waals surface area contributed by atoms with Crippen LogP contribution in [0, 0.1) is 0 Å². The Morgan fingerprint density at radius 2 is 1.95 bits per heavy atom. The van der Waals surface area contributed by atoms with Crippen LogP contribution in [-0.2, 0) is 14.8 Å². The second kappa shape index (κ2) is 6.43. The number of hydrogen-bond acceptors (Lipinski definition) is 5. The molecule has 1 aromatic rings. The molecule has 2 rings (SSSR count). The molecule has 1 aliphatic rings. The quantitative estimate of drug-likeness (QED) is 0.737. The van der Waals surface area contributed by atoms with Gasteiger partial charge in [0.1, 0.15) is 13.2 Å². The maximum absolute atomic E-state index is 12.4. The average molecular weight is 301 g/mol. The minimum absolute atomic E-state index is 0.210. The number of ether oxygens (including phenoxy) is 3. The van der Waals surface area contributed by atoms with E-state index < -0.39 is 10.0 Å². The molecule has 0 amide bonds. The first kappa shape index (κ1) is 15.1. The van der Waals surface area contributed by atoms with Crippen LogP contribution in [-0.4, -0.2) is 53.2 Å². The van der Waals surface area contributed by atoms with E-state index in [2.05, 4.69) is 0 Å². The van der Waals surface area contributed by atoms with Gasteiger partial charge in [-0.2, -0.15) is 0 Å². The lowest BCUT2D eigenvalue weighted by Crippen LogP contribution is -2.28. The number of fused-ring (bicyclic) bond motifs is 1. The second-order valence-corrected chi connectivity index (χ2v) is 6.52. The van der Waals surface area contributed by atoms with Crippen LogP contribution < -0.4 is 9.47 Å². The van der Waals surface area contributed by atoms with E-state index >= 15 is 0 Å². The fourth-order valence-electron chi connectivity index (χ4n) is 1.92. The molecular formula is C13H19NO5S. The van der Waals surface area contributed by atoms with Crippen LogP contribution >= 0.6 is 0 Å². The van der Waals surface area contributed by atoms with Crippen molar-refractivity contribution in [3.8, 4) is 11.5 Å². The molecule has 0 saturated carbocycles. The van der Waals surface area contributed by atoms with Crippen LogP contribution in [0.2, 0.25) is 0 Å². The molecule has 1 aliphatic heterocycles. The van der Waals surface area contributed by atoms with E-state index in [1.807, 2.05) is 0 Å². The molecule has 0 radical (unpaired) electrons. The molecule has 0 aromatic heterocycles. The number of sulfonamides is 1. The summed E-state index contributed by atoms with van der Waals surface area (Å²) in [5, 5.41) is 0. The average Bonchev–Trinajstić information content (AvgIpc) is 2.46. The van der Waals surface area contributed by atoms with Crippen molar-refractivity contribution >= 4 is 10.0 Å². The molecule has 0 fully saturated rings. The van der Waals surface area contributed by atoms with Crippen LogP contribution in [0.5, 0.6) is 11.5 Å². The summed E-state index contributed by atoms with van der Waals surface area (Å²) in [6.07, 6.45) is 0.650. The number of benzene rings is 1. The van der Waals surface area contributed by atoms with Gasteiger partial charge in [0.2, 0.25) is 10.0 Å². The molecule has 0 bridgehead atoms. The number of methoxy groups -OCH3 is 1. The standard InChI is InChI=1S/C13H19NO5S/c1-14(6-3-7-17-2)20(15,16)11-4-5-12-13(10-11)19-9-8-18-12/h4-5,10H,3,6-9H2,1-2H3. The van der Waals surface area contributed by atoms with E-state index in [-0.39, 0.29) is 4.90 Å². The van der Waals surface area contributed by atoms with Crippen LogP contribution in [0.3, 0.4) is 0 Å². The minimum atomic E-state index is -3.51. The SMILES string of the molecule is COCCCN(C)S(=O)(=O)c1ccc2c(c1)OCCO2. The molecule has 1 aromatic carbocycles. The number of rotatable bonds is 6. The Hall–Kier alpha value is -1.31. The Labute approximate surface area is 119 Å². The highest BCUT2D eigenvalue weighted by Gasteiger charge is 2.23. The minimum Gasteiger partial charge on any atom is -0.486 e. The topological polar surface area (TPSA) is 65.1 Å². The molecule has 0 saturated heterocycles. The Morgan fingerprint density at radius 1 is 1.25 bits per heavy atom. The summed E-state index contributed by atoms with van der Waals surface area (Å²) < 4.78 is 41.8. The monoisotopic (exact) mass is 301 g/mol. The van der Waals surface area contributed by atoms with Crippen molar-refractivity contribution < 1.29 is 22.6 Å². The maximum Gasteiger partial charge on any atom is 0.242 e. The fraction of sp³-hybridized carbons (Fsp3) is 0.538. The second-order valence-electron chi connectivity index (χ2n) is 4.48. The van der Waals surface area contributed by atoms with Gasteiger partial charge >= 0.3 is 0 Å². The van der Waals surface area contributed by atoms with Crippen molar-refractivity contribution in [1.29, 1.82) is 0 Å². The van der Waals surface area contributed by atoms with Gasteiger partial charge in [0.25, 0.3) is 0 Å². The lowest BCUT2D eigenvalue weighted by atomic mass is 10.3. The summed E-state index contributed by atoms with van der Waals surface area (Å²) in [4.78, 5) is 0.210. The third-order valence-corrected chi connectivity index (χ3v) is 4.90. The molecule has 112 valence electrons. The van der Waals surface area contributed by atoms with Crippen LogP contribution in [0.1, 0.15) is 6.42 Å². The lowest BCUT2D eigenvalue weighted by molar-refractivity contribution is 0.171. The summed E-state index contributed by atoms with van der Waals surface area (Å²) in [6, 6.07) is 4.68. The lowest BCUT2D eigenvalue weighted by Gasteiger charge is -2.21. The summed E-state index contributed by atoms with van der Waals surface area (Å²) in [5.74, 6) is 1.06. The molecule has 1 heterocycles. The van der Waals surface area contributed by atoms with Crippen LogP contribution in [0.15, 0.2) is 23.1 Å². The molecule has 0 aliphatic carbocycles. The third-order valence-electron chi connectivity index (χ3n) is 3.04. The Kier molecular flexibility index (Phi) is 4.85. The third kappa shape index (κ3) is 3.23. The molecule has 6 nitrogen and oxygen atoms in total. The van der Waals surface area contributed by atoms with Gasteiger partial charge < -0.3 is 14.2 Å².